The molecule has 0 saturated heterocycles. The fraction of sp³-hybridized carbons (Fsp3) is 0.278. The van der Waals surface area contributed by atoms with Crippen molar-refractivity contribution in [2.45, 2.75) is 18.8 Å². The van der Waals surface area contributed by atoms with Crippen LogP contribution in [0.4, 0.5) is 5.69 Å². The zero-order valence-corrected chi connectivity index (χ0v) is 16.9. The predicted octanol–water partition coefficient (Wildman–Crippen LogP) is 1.73. The van der Waals surface area contributed by atoms with Crippen LogP contribution < -0.4 is 10.0 Å². The molecule has 4 rings (SSSR count). The molecule has 0 bridgehead atoms. The fourth-order valence-corrected chi connectivity index (χ4v) is 3.87. The summed E-state index contributed by atoms with van der Waals surface area (Å²) < 4.78 is 27.6. The molecule has 2 N–H and O–H groups in total. The van der Waals surface area contributed by atoms with Crippen molar-refractivity contribution in [3.05, 3.63) is 46.7 Å². The van der Waals surface area contributed by atoms with Crippen molar-refractivity contribution in [3.63, 3.8) is 0 Å². The lowest BCUT2D eigenvalue weighted by Crippen LogP contribution is -2.22. The summed E-state index contributed by atoms with van der Waals surface area (Å²) in [5.74, 6) is 0.415. The number of carbonyl (C=O) groups is 1. The molecule has 1 saturated carbocycles. The Labute approximate surface area is 167 Å². The maximum atomic E-state index is 12.6. The van der Waals surface area contributed by atoms with Crippen molar-refractivity contribution in [1.29, 1.82) is 0 Å². The van der Waals surface area contributed by atoms with Gasteiger partial charge in [-0.05, 0) is 42.5 Å². The number of carbonyl (C=O) groups excluding carboxylic acids is 1. The van der Waals surface area contributed by atoms with Crippen LogP contribution >= 0.6 is 0 Å². The average Bonchev–Trinajstić information content (AvgIpc) is 3.41. The van der Waals surface area contributed by atoms with Crippen molar-refractivity contribution in [1.82, 2.24) is 20.1 Å². The summed E-state index contributed by atoms with van der Waals surface area (Å²) in [4.78, 5) is 16.9. The monoisotopic (exact) mass is 420 g/mol. The quantitative estimate of drug-likeness (QED) is 0.653. The van der Waals surface area contributed by atoms with Crippen LogP contribution in [0, 0.1) is 11.6 Å². The molecular formula is C18H19ClN5O3S+. The van der Waals surface area contributed by atoms with Crippen molar-refractivity contribution < 1.29 is 24.8 Å². The molecule has 1 amide bonds. The molecule has 0 aliphatic heterocycles. The van der Waals surface area contributed by atoms with Crippen LogP contribution in [0.5, 0.6) is 0 Å². The lowest BCUT2D eigenvalue weighted by Gasteiger charge is -2.10. The highest BCUT2D eigenvalue weighted by molar-refractivity contribution is 7.92. The molecule has 0 radical (unpaired) electrons. The van der Waals surface area contributed by atoms with E-state index in [4.69, 9.17) is 11.6 Å². The first-order valence-corrected chi connectivity index (χ1v) is 11.0. The number of rotatable bonds is 5. The van der Waals surface area contributed by atoms with Gasteiger partial charge in [0.25, 0.3) is 5.91 Å². The van der Waals surface area contributed by atoms with Gasteiger partial charge in [0.2, 0.25) is 15.0 Å². The third kappa shape index (κ3) is 3.55. The van der Waals surface area contributed by atoms with Gasteiger partial charge in [0, 0.05) is 18.5 Å². The summed E-state index contributed by atoms with van der Waals surface area (Å²) >= 11 is 5.08. The third-order valence-electron chi connectivity index (χ3n) is 4.53. The summed E-state index contributed by atoms with van der Waals surface area (Å²) in [6, 6.07) is 6.94. The first-order chi connectivity index (χ1) is 13.3. The molecule has 0 atom stereocenters. The Hall–Kier alpha value is -2.65. The summed E-state index contributed by atoms with van der Waals surface area (Å²) in [6.45, 7) is 0. The SMILES string of the molecule is CNC(=O)c1c2cc(C3CC3)c(NS(C)(=O)=O)cc2nn1-c1ccc([ClH+])cn1. The summed E-state index contributed by atoms with van der Waals surface area (Å²) in [5, 5.41) is 8.38. The van der Waals surface area contributed by atoms with Crippen LogP contribution in [0.3, 0.4) is 0 Å². The number of nitrogens with zero attached hydrogens (tertiary/aromatic N) is 3. The van der Waals surface area contributed by atoms with Crippen LogP contribution in [0.1, 0.15) is 34.8 Å². The minimum atomic E-state index is -3.44. The maximum absolute atomic E-state index is 12.6. The summed E-state index contributed by atoms with van der Waals surface area (Å²) in [6.07, 6.45) is 4.60. The second kappa shape index (κ2) is 6.75. The predicted molar refractivity (Wildman–Crippen MR) is 103 cm³/mol. The van der Waals surface area contributed by atoms with E-state index < -0.39 is 10.0 Å². The van der Waals surface area contributed by atoms with E-state index in [2.05, 4.69) is 20.1 Å². The van der Waals surface area contributed by atoms with Gasteiger partial charge in [0.15, 0.2) is 17.4 Å². The molecule has 1 aliphatic carbocycles. The van der Waals surface area contributed by atoms with Crippen LogP contribution in [0.15, 0.2) is 30.5 Å². The topological polar surface area (TPSA) is 106 Å². The van der Waals surface area contributed by atoms with Crippen molar-refractivity contribution in [2.75, 3.05) is 18.0 Å². The molecule has 146 valence electrons. The third-order valence-corrected chi connectivity index (χ3v) is 5.37. The number of halogens is 1. The minimum absolute atomic E-state index is 0.271. The molecule has 8 nitrogen and oxygen atoms in total. The summed E-state index contributed by atoms with van der Waals surface area (Å²) in [5.41, 5.74) is 2.21. The number of amides is 1. The number of nitrogens with one attached hydrogen (secondary N) is 2. The zero-order chi connectivity index (χ0) is 20.1. The van der Waals surface area contributed by atoms with E-state index in [1.165, 1.54) is 10.9 Å². The van der Waals surface area contributed by atoms with Gasteiger partial charge in [-0.2, -0.15) is 5.10 Å². The summed E-state index contributed by atoms with van der Waals surface area (Å²) in [7, 11) is -1.89. The molecule has 2 heterocycles. The van der Waals surface area contributed by atoms with Crippen LogP contribution in [0.2, 0.25) is 5.02 Å². The molecule has 1 aromatic carbocycles. The van der Waals surface area contributed by atoms with E-state index in [0.29, 0.717) is 33.1 Å². The Morgan fingerprint density at radius 3 is 2.61 bits per heavy atom. The van der Waals surface area contributed by atoms with Gasteiger partial charge < -0.3 is 5.32 Å². The smallest absolute Gasteiger partial charge is 0.270 e. The molecule has 10 heteroatoms. The van der Waals surface area contributed by atoms with E-state index >= 15 is 0 Å². The number of hydrogen-bond acceptors (Lipinski definition) is 5. The largest absolute Gasteiger partial charge is 0.354 e. The van der Waals surface area contributed by atoms with E-state index in [9.17, 15) is 13.2 Å². The number of pyridine rings is 1. The highest BCUT2D eigenvalue weighted by Gasteiger charge is 2.29. The Morgan fingerprint density at radius 2 is 2.04 bits per heavy atom. The van der Waals surface area contributed by atoms with Gasteiger partial charge in [-0.3, -0.25) is 9.52 Å². The Kier molecular flexibility index (Phi) is 4.51. The molecule has 0 spiro atoms. The second-order valence-corrected chi connectivity index (χ2v) is 9.02. The van der Waals surface area contributed by atoms with Gasteiger partial charge in [-0.25, -0.2) is 18.1 Å². The fourth-order valence-electron chi connectivity index (χ4n) is 3.17. The van der Waals surface area contributed by atoms with E-state index in [1.807, 2.05) is 6.07 Å². The van der Waals surface area contributed by atoms with Gasteiger partial charge >= 0.3 is 0 Å². The Morgan fingerprint density at radius 1 is 1.29 bits per heavy atom. The molecule has 3 aromatic rings. The van der Waals surface area contributed by atoms with Crippen molar-refractivity contribution >= 4 is 32.5 Å². The van der Waals surface area contributed by atoms with Crippen molar-refractivity contribution in [3.8, 4) is 5.82 Å². The molecule has 1 aliphatic rings. The number of hydrogen-bond donors (Lipinski definition) is 2. The van der Waals surface area contributed by atoms with Gasteiger partial charge in [-0.15, -0.1) is 0 Å². The molecule has 1 fully saturated rings. The van der Waals surface area contributed by atoms with E-state index in [1.54, 1.807) is 25.2 Å². The Balaban J connectivity index is 1.97. The number of sulfonamides is 1. The van der Waals surface area contributed by atoms with Crippen LogP contribution in [-0.2, 0) is 10.0 Å². The highest BCUT2D eigenvalue weighted by Crippen LogP contribution is 2.45. The molecular weight excluding hydrogens is 402 g/mol. The van der Waals surface area contributed by atoms with Gasteiger partial charge in [0.05, 0.1) is 23.7 Å². The highest BCUT2D eigenvalue weighted by atomic mass is 35.5. The van der Waals surface area contributed by atoms with E-state index in [-0.39, 0.29) is 11.8 Å². The lowest BCUT2D eigenvalue weighted by molar-refractivity contribution is -0.289. The Bertz CT molecular complexity index is 1180. The lowest BCUT2D eigenvalue weighted by atomic mass is 10.0. The first kappa shape index (κ1) is 18.7. The number of fused-ring (bicyclic) bond motifs is 1. The number of benzene rings is 1. The van der Waals surface area contributed by atoms with E-state index in [0.717, 1.165) is 24.7 Å². The van der Waals surface area contributed by atoms with Crippen molar-refractivity contribution in [2.24, 2.45) is 0 Å². The molecule has 28 heavy (non-hydrogen) atoms. The zero-order valence-electron chi connectivity index (χ0n) is 15.3. The van der Waals surface area contributed by atoms with Gasteiger partial charge in [-0.1, -0.05) is 0 Å². The van der Waals surface area contributed by atoms with Crippen LogP contribution in [0.25, 0.3) is 16.7 Å². The van der Waals surface area contributed by atoms with Gasteiger partial charge in [0.1, 0.15) is 5.69 Å². The van der Waals surface area contributed by atoms with Crippen LogP contribution in [-0.4, -0.2) is 42.4 Å². The first-order valence-electron chi connectivity index (χ1n) is 8.67. The second-order valence-electron chi connectivity index (χ2n) is 6.80. The maximum Gasteiger partial charge on any atom is 0.270 e. The molecule has 0 unspecified atom stereocenters. The standard InChI is InChI=1S/C18H18ClN5O3S/c1-20-18(25)17-13-7-12(10-3-4-10)15(23-28(2,26)27)8-14(13)22-24(17)16-6-5-11(19)9-21-16/h5-10,19H,3-4H2,1-2H3,(H-,20,22,23,25)/p+1. The normalized spacial score (nSPS) is 14.2. The molecule has 2 aromatic heterocycles. The minimum Gasteiger partial charge on any atom is -0.354 e. The number of aromatic nitrogens is 3. The average molecular weight is 421 g/mol. The number of anilines is 1.